The van der Waals surface area contributed by atoms with E-state index in [1.807, 2.05) is 19.2 Å². The Morgan fingerprint density at radius 3 is 2.95 bits per heavy atom. The Bertz CT molecular complexity index is 842. The lowest BCUT2D eigenvalue weighted by Crippen LogP contribution is -2.44. The molecule has 2 N–H and O–H groups in total. The van der Waals surface area contributed by atoms with E-state index in [1.54, 1.807) is 0 Å². The van der Waals surface area contributed by atoms with Gasteiger partial charge in [0.15, 0.2) is 0 Å². The summed E-state index contributed by atoms with van der Waals surface area (Å²) in [7, 11) is 2.02. The highest BCUT2D eigenvalue weighted by Gasteiger charge is 2.33. The third-order valence-electron chi connectivity index (χ3n) is 4.79. The largest absolute Gasteiger partial charge is 0.477 e. The monoisotopic (exact) mass is 299 g/mol. The highest BCUT2D eigenvalue weighted by Crippen LogP contribution is 2.40. The molecule has 1 unspecified atom stereocenters. The fourth-order valence-corrected chi connectivity index (χ4v) is 3.70. The number of benzene rings is 1. The van der Waals surface area contributed by atoms with Crippen molar-refractivity contribution in [2.75, 3.05) is 29.9 Å². The smallest absolute Gasteiger partial charge is 0.341 e. The molecule has 22 heavy (non-hydrogen) atoms. The summed E-state index contributed by atoms with van der Waals surface area (Å²) in [4.78, 5) is 31.0. The number of aromatic carboxylic acids is 1. The zero-order chi connectivity index (χ0) is 15.4. The van der Waals surface area contributed by atoms with E-state index in [-0.39, 0.29) is 5.56 Å². The van der Waals surface area contributed by atoms with E-state index in [4.69, 9.17) is 5.11 Å². The number of fused-ring (bicyclic) bond motifs is 4. The molecule has 1 aromatic heterocycles. The number of H-pyrrole nitrogens is 1. The van der Waals surface area contributed by atoms with Crippen molar-refractivity contribution < 1.29 is 9.90 Å². The first-order valence-electron chi connectivity index (χ1n) is 7.47. The van der Waals surface area contributed by atoms with Gasteiger partial charge in [-0.25, -0.2) is 4.79 Å². The molecule has 4 rings (SSSR count). The van der Waals surface area contributed by atoms with E-state index in [0.29, 0.717) is 16.9 Å². The van der Waals surface area contributed by atoms with E-state index < -0.39 is 11.4 Å². The molecule has 2 aliphatic rings. The van der Waals surface area contributed by atoms with Gasteiger partial charge in [0.25, 0.3) is 0 Å². The Morgan fingerprint density at radius 1 is 1.36 bits per heavy atom. The average molecular weight is 299 g/mol. The molecule has 0 radical (unpaired) electrons. The summed E-state index contributed by atoms with van der Waals surface area (Å²) in [5.41, 5.74) is 2.17. The van der Waals surface area contributed by atoms with Crippen LogP contribution in [-0.4, -0.2) is 42.2 Å². The SMILES string of the molecule is CN1CC2CCCN2c2cc3[nH]cc(C(=O)O)c(=O)c3cc21. The van der Waals surface area contributed by atoms with Crippen molar-refractivity contribution in [1.29, 1.82) is 0 Å². The fraction of sp³-hybridized carbons (Fsp3) is 0.375. The first-order chi connectivity index (χ1) is 10.6. The van der Waals surface area contributed by atoms with Gasteiger partial charge < -0.3 is 19.9 Å². The summed E-state index contributed by atoms with van der Waals surface area (Å²) in [6.07, 6.45) is 3.66. The number of hydrogen-bond donors (Lipinski definition) is 2. The molecule has 0 bridgehead atoms. The van der Waals surface area contributed by atoms with Crippen LogP contribution in [0.15, 0.2) is 23.1 Å². The van der Waals surface area contributed by atoms with Gasteiger partial charge >= 0.3 is 5.97 Å². The zero-order valence-corrected chi connectivity index (χ0v) is 12.3. The van der Waals surface area contributed by atoms with Gasteiger partial charge in [-0.1, -0.05) is 0 Å². The van der Waals surface area contributed by atoms with Gasteiger partial charge in [-0.05, 0) is 25.0 Å². The summed E-state index contributed by atoms with van der Waals surface area (Å²) in [5.74, 6) is -1.20. The molecule has 3 heterocycles. The van der Waals surface area contributed by atoms with E-state index in [9.17, 15) is 9.59 Å². The minimum Gasteiger partial charge on any atom is -0.477 e. The molecule has 2 aromatic rings. The van der Waals surface area contributed by atoms with E-state index >= 15 is 0 Å². The van der Waals surface area contributed by atoms with E-state index in [0.717, 1.165) is 24.5 Å². The summed E-state index contributed by atoms with van der Waals surface area (Å²) in [5, 5.41) is 9.53. The van der Waals surface area contributed by atoms with Gasteiger partial charge in [0.1, 0.15) is 5.56 Å². The van der Waals surface area contributed by atoms with E-state index in [1.165, 1.54) is 19.0 Å². The van der Waals surface area contributed by atoms with Gasteiger partial charge in [0, 0.05) is 37.8 Å². The second-order valence-electron chi connectivity index (χ2n) is 6.09. The van der Waals surface area contributed by atoms with Crippen molar-refractivity contribution in [2.24, 2.45) is 0 Å². The van der Waals surface area contributed by atoms with Gasteiger partial charge in [-0.3, -0.25) is 4.79 Å². The first kappa shape index (κ1) is 13.2. The fourth-order valence-electron chi connectivity index (χ4n) is 3.70. The molecule has 1 saturated heterocycles. The van der Waals surface area contributed by atoms with Crippen LogP contribution < -0.4 is 15.2 Å². The van der Waals surface area contributed by atoms with Crippen LogP contribution in [0.25, 0.3) is 10.9 Å². The molecule has 0 amide bonds. The lowest BCUT2D eigenvalue weighted by Gasteiger charge is -2.39. The van der Waals surface area contributed by atoms with Crippen LogP contribution in [0.2, 0.25) is 0 Å². The number of anilines is 2. The third-order valence-corrected chi connectivity index (χ3v) is 4.79. The van der Waals surface area contributed by atoms with Crippen molar-refractivity contribution in [1.82, 2.24) is 4.98 Å². The maximum absolute atomic E-state index is 12.4. The second-order valence-corrected chi connectivity index (χ2v) is 6.09. The Balaban J connectivity index is 1.98. The highest BCUT2D eigenvalue weighted by molar-refractivity contribution is 5.96. The van der Waals surface area contributed by atoms with Crippen molar-refractivity contribution >= 4 is 28.2 Å². The Kier molecular flexibility index (Phi) is 2.69. The number of carboxylic acids is 1. The number of aromatic nitrogens is 1. The number of hydrogen-bond acceptors (Lipinski definition) is 4. The molecule has 0 aliphatic carbocycles. The molecule has 1 aromatic carbocycles. The predicted octanol–water partition coefficient (Wildman–Crippen LogP) is 1.64. The van der Waals surface area contributed by atoms with Crippen LogP contribution in [0, 0.1) is 0 Å². The molecule has 2 aliphatic heterocycles. The second kappa shape index (κ2) is 4.50. The number of carbonyl (C=O) groups is 1. The quantitative estimate of drug-likeness (QED) is 0.837. The molecule has 6 heteroatoms. The molecule has 1 atom stereocenters. The lowest BCUT2D eigenvalue weighted by atomic mass is 10.0. The minimum absolute atomic E-state index is 0.218. The first-order valence-corrected chi connectivity index (χ1v) is 7.47. The zero-order valence-electron chi connectivity index (χ0n) is 12.3. The number of carboxylic acid groups (broad SMARTS) is 1. The number of rotatable bonds is 1. The number of nitrogens with one attached hydrogen (secondary N) is 1. The number of nitrogens with zero attached hydrogens (tertiary/aromatic N) is 2. The standard InChI is InChI=1S/C16H17N3O3/c1-18-8-9-3-2-4-19(9)14-6-12-10(5-13(14)18)15(20)11(7-17-12)16(21)22/h5-7,9H,2-4,8H2,1H3,(H,17,20)(H,21,22). The van der Waals surface area contributed by atoms with Crippen LogP contribution in [-0.2, 0) is 0 Å². The Labute approximate surface area is 127 Å². The van der Waals surface area contributed by atoms with Gasteiger partial charge in [-0.15, -0.1) is 0 Å². The molecule has 6 nitrogen and oxygen atoms in total. The van der Waals surface area contributed by atoms with Gasteiger partial charge in [0.05, 0.1) is 16.9 Å². The van der Waals surface area contributed by atoms with Crippen LogP contribution in [0.3, 0.4) is 0 Å². The minimum atomic E-state index is -1.20. The van der Waals surface area contributed by atoms with Crippen LogP contribution in [0.1, 0.15) is 23.2 Å². The normalized spacial score (nSPS) is 20.1. The number of pyridine rings is 1. The van der Waals surface area contributed by atoms with Crippen molar-refractivity contribution in [3.8, 4) is 0 Å². The summed E-state index contributed by atoms with van der Waals surface area (Å²) in [6.45, 7) is 1.98. The van der Waals surface area contributed by atoms with Crippen LogP contribution in [0.4, 0.5) is 11.4 Å². The van der Waals surface area contributed by atoms with Gasteiger partial charge in [-0.2, -0.15) is 0 Å². The number of likely N-dealkylation sites (N-methyl/N-ethyl adjacent to an activating group) is 1. The molecule has 1 fully saturated rings. The highest BCUT2D eigenvalue weighted by atomic mass is 16.4. The summed E-state index contributed by atoms with van der Waals surface area (Å²) >= 11 is 0. The number of aromatic amines is 1. The molecule has 114 valence electrons. The van der Waals surface area contributed by atoms with Crippen LogP contribution in [0.5, 0.6) is 0 Å². The maximum atomic E-state index is 12.4. The molecule has 0 spiro atoms. The Morgan fingerprint density at radius 2 is 2.18 bits per heavy atom. The lowest BCUT2D eigenvalue weighted by molar-refractivity contribution is 0.0695. The van der Waals surface area contributed by atoms with E-state index in [2.05, 4.69) is 14.8 Å². The molecule has 0 saturated carbocycles. The third kappa shape index (κ3) is 1.73. The topological polar surface area (TPSA) is 76.6 Å². The molecular formula is C16H17N3O3. The van der Waals surface area contributed by atoms with Crippen molar-refractivity contribution in [3.63, 3.8) is 0 Å². The van der Waals surface area contributed by atoms with Crippen LogP contribution >= 0.6 is 0 Å². The maximum Gasteiger partial charge on any atom is 0.341 e. The molecular weight excluding hydrogens is 282 g/mol. The average Bonchev–Trinajstić information content (AvgIpc) is 2.94. The Hall–Kier alpha value is -2.50. The summed E-state index contributed by atoms with van der Waals surface area (Å²) < 4.78 is 0. The van der Waals surface area contributed by atoms with Crippen molar-refractivity contribution in [2.45, 2.75) is 18.9 Å². The van der Waals surface area contributed by atoms with Gasteiger partial charge in [0.2, 0.25) is 5.43 Å². The van der Waals surface area contributed by atoms with Crippen molar-refractivity contribution in [3.05, 3.63) is 34.1 Å². The predicted molar refractivity (Wildman–Crippen MR) is 85.2 cm³/mol. The summed E-state index contributed by atoms with van der Waals surface area (Å²) in [6, 6.07) is 4.33.